The molecule has 1 aromatic heterocycles. The molecule has 1 saturated carbocycles. The second-order valence-electron chi connectivity index (χ2n) is 7.51. The molecule has 6 heteroatoms. The maximum Gasteiger partial charge on any atom is 0.407 e. The molecule has 24 heavy (non-hydrogen) atoms. The molecule has 1 fully saturated rings. The summed E-state index contributed by atoms with van der Waals surface area (Å²) in [7, 11) is 0. The number of hydrogen-bond acceptors (Lipinski definition) is 4. The van der Waals surface area contributed by atoms with Crippen LogP contribution in [0.5, 0.6) is 0 Å². The predicted octanol–water partition coefficient (Wildman–Crippen LogP) is 3.81. The average molecular weight is 330 g/mol. The van der Waals surface area contributed by atoms with Crippen LogP contribution in [-0.2, 0) is 4.74 Å². The van der Waals surface area contributed by atoms with Gasteiger partial charge in [-0.2, -0.15) is 5.10 Å². The maximum atomic E-state index is 11.8. The minimum atomic E-state index is -0.450. The van der Waals surface area contributed by atoms with Gasteiger partial charge >= 0.3 is 6.09 Å². The van der Waals surface area contributed by atoms with Crippen LogP contribution in [0.4, 0.5) is 10.5 Å². The molecule has 3 N–H and O–H groups in total. The topological polar surface area (TPSA) is 79.0 Å². The Labute approximate surface area is 142 Å². The van der Waals surface area contributed by atoms with Gasteiger partial charge in [-0.1, -0.05) is 0 Å². The van der Waals surface area contributed by atoms with E-state index in [2.05, 4.69) is 33.0 Å². The van der Waals surface area contributed by atoms with Gasteiger partial charge in [0.1, 0.15) is 5.60 Å². The number of rotatable bonds is 3. The van der Waals surface area contributed by atoms with E-state index < -0.39 is 5.60 Å². The first kappa shape index (κ1) is 16.6. The number of carbonyl (C=O) groups excluding carboxylic acids is 1. The van der Waals surface area contributed by atoms with E-state index in [9.17, 15) is 4.79 Å². The molecule has 0 bridgehead atoms. The van der Waals surface area contributed by atoms with Gasteiger partial charge in [0.25, 0.3) is 0 Å². The summed E-state index contributed by atoms with van der Waals surface area (Å²) >= 11 is 0. The third-order valence-electron chi connectivity index (χ3n) is 4.26. The Bertz CT molecular complexity index is 696. The fraction of sp³-hybridized carbons (Fsp3) is 0.556. The third-order valence-corrected chi connectivity index (χ3v) is 4.26. The molecule has 2 aromatic rings. The number of nitrogens with zero attached hydrogens (tertiary/aromatic N) is 1. The molecule has 1 amide bonds. The highest BCUT2D eigenvalue weighted by atomic mass is 16.6. The highest BCUT2D eigenvalue weighted by Gasteiger charge is 2.24. The lowest BCUT2D eigenvalue weighted by molar-refractivity contribution is 0.0492. The number of amides is 1. The molecule has 0 aliphatic heterocycles. The largest absolute Gasteiger partial charge is 0.444 e. The summed E-state index contributed by atoms with van der Waals surface area (Å²) in [6, 6.07) is 6.87. The van der Waals surface area contributed by atoms with Gasteiger partial charge in [0.2, 0.25) is 0 Å². The van der Waals surface area contributed by atoms with E-state index in [-0.39, 0.29) is 12.1 Å². The van der Waals surface area contributed by atoms with Crippen molar-refractivity contribution >= 4 is 22.7 Å². The van der Waals surface area contributed by atoms with Crippen molar-refractivity contribution in [1.82, 2.24) is 15.5 Å². The van der Waals surface area contributed by atoms with E-state index in [0.29, 0.717) is 6.04 Å². The normalized spacial score (nSPS) is 21.5. The Morgan fingerprint density at radius 1 is 1.21 bits per heavy atom. The number of ether oxygens (including phenoxy) is 1. The molecule has 1 aromatic carbocycles. The number of aromatic nitrogens is 2. The zero-order valence-electron chi connectivity index (χ0n) is 14.6. The molecule has 6 nitrogen and oxygen atoms in total. The summed E-state index contributed by atoms with van der Waals surface area (Å²) < 4.78 is 5.32. The van der Waals surface area contributed by atoms with Gasteiger partial charge in [-0.15, -0.1) is 0 Å². The lowest BCUT2D eigenvalue weighted by Crippen LogP contribution is -2.42. The second kappa shape index (κ2) is 6.71. The van der Waals surface area contributed by atoms with Crippen molar-refractivity contribution in [2.75, 3.05) is 5.32 Å². The number of H-pyrrole nitrogens is 1. The molecule has 130 valence electrons. The molecule has 1 aliphatic carbocycles. The van der Waals surface area contributed by atoms with Gasteiger partial charge in [0, 0.05) is 23.2 Å². The summed E-state index contributed by atoms with van der Waals surface area (Å²) in [5, 5.41) is 14.7. The summed E-state index contributed by atoms with van der Waals surface area (Å²) in [6.45, 7) is 5.64. The van der Waals surface area contributed by atoms with Gasteiger partial charge < -0.3 is 15.4 Å². The zero-order chi connectivity index (χ0) is 17.2. The van der Waals surface area contributed by atoms with Gasteiger partial charge in [-0.25, -0.2) is 4.79 Å². The predicted molar refractivity (Wildman–Crippen MR) is 95.1 cm³/mol. The van der Waals surface area contributed by atoms with E-state index in [0.717, 1.165) is 42.3 Å². The number of nitrogens with one attached hydrogen (secondary N) is 3. The number of anilines is 1. The van der Waals surface area contributed by atoms with E-state index in [1.54, 1.807) is 0 Å². The summed E-state index contributed by atoms with van der Waals surface area (Å²) in [5.41, 5.74) is 1.72. The van der Waals surface area contributed by atoms with Gasteiger partial charge in [0.15, 0.2) is 0 Å². The van der Waals surface area contributed by atoms with Crippen molar-refractivity contribution in [3.63, 3.8) is 0 Å². The van der Waals surface area contributed by atoms with Crippen LogP contribution in [0.25, 0.3) is 10.9 Å². The van der Waals surface area contributed by atoms with E-state index in [1.165, 1.54) is 0 Å². The van der Waals surface area contributed by atoms with Crippen molar-refractivity contribution in [2.24, 2.45) is 0 Å². The smallest absolute Gasteiger partial charge is 0.407 e. The van der Waals surface area contributed by atoms with E-state index in [4.69, 9.17) is 4.74 Å². The van der Waals surface area contributed by atoms with Crippen LogP contribution < -0.4 is 10.6 Å². The number of hydrogen-bond donors (Lipinski definition) is 3. The standard InChI is InChI=1S/C18H26N4O2/c1-18(2,3)24-17(23)21-14-6-4-13(5-7-14)20-15-8-9-16-12(10-15)11-19-22-16/h8-11,13-14,20H,4-7H2,1-3H3,(H,19,22)(H,21,23). The van der Waals surface area contributed by atoms with Gasteiger partial charge in [-0.3, -0.25) is 5.10 Å². The Morgan fingerprint density at radius 2 is 1.92 bits per heavy atom. The average Bonchev–Trinajstić information content (AvgIpc) is 2.95. The maximum absolute atomic E-state index is 11.8. The quantitative estimate of drug-likeness (QED) is 0.799. The molecular weight excluding hydrogens is 304 g/mol. The minimum Gasteiger partial charge on any atom is -0.444 e. The number of aromatic amines is 1. The zero-order valence-corrected chi connectivity index (χ0v) is 14.6. The highest BCUT2D eigenvalue weighted by Crippen LogP contribution is 2.24. The number of fused-ring (bicyclic) bond motifs is 1. The lowest BCUT2D eigenvalue weighted by atomic mass is 9.91. The van der Waals surface area contributed by atoms with Crippen LogP contribution in [0.3, 0.4) is 0 Å². The van der Waals surface area contributed by atoms with E-state index >= 15 is 0 Å². The molecule has 1 heterocycles. The first-order valence-electron chi connectivity index (χ1n) is 8.58. The van der Waals surface area contributed by atoms with Crippen molar-refractivity contribution in [2.45, 2.75) is 64.1 Å². The minimum absolute atomic E-state index is 0.203. The van der Waals surface area contributed by atoms with Crippen molar-refractivity contribution in [3.8, 4) is 0 Å². The van der Waals surface area contributed by atoms with Gasteiger partial charge in [-0.05, 0) is 64.7 Å². The van der Waals surface area contributed by atoms with Crippen LogP contribution in [0.2, 0.25) is 0 Å². The van der Waals surface area contributed by atoms with Crippen molar-refractivity contribution in [1.29, 1.82) is 0 Å². The second-order valence-corrected chi connectivity index (χ2v) is 7.51. The van der Waals surface area contributed by atoms with Crippen molar-refractivity contribution in [3.05, 3.63) is 24.4 Å². The number of benzene rings is 1. The molecule has 0 unspecified atom stereocenters. The fourth-order valence-corrected chi connectivity index (χ4v) is 3.12. The first-order valence-corrected chi connectivity index (χ1v) is 8.58. The molecule has 0 radical (unpaired) electrons. The number of carbonyl (C=O) groups is 1. The van der Waals surface area contributed by atoms with Crippen LogP contribution in [0.15, 0.2) is 24.4 Å². The van der Waals surface area contributed by atoms with Gasteiger partial charge in [0.05, 0.1) is 11.7 Å². The molecule has 0 atom stereocenters. The number of alkyl carbamates (subject to hydrolysis) is 1. The fourth-order valence-electron chi connectivity index (χ4n) is 3.12. The Balaban J connectivity index is 1.47. The molecular formula is C18H26N4O2. The monoisotopic (exact) mass is 330 g/mol. The molecule has 0 spiro atoms. The third kappa shape index (κ3) is 4.40. The van der Waals surface area contributed by atoms with E-state index in [1.807, 2.05) is 33.0 Å². The molecule has 3 rings (SSSR count). The SMILES string of the molecule is CC(C)(C)OC(=O)NC1CCC(Nc2ccc3[nH]ncc3c2)CC1. The molecule has 0 saturated heterocycles. The van der Waals surface area contributed by atoms with Crippen LogP contribution in [0.1, 0.15) is 46.5 Å². The lowest BCUT2D eigenvalue weighted by Gasteiger charge is -2.31. The Kier molecular flexibility index (Phi) is 4.64. The first-order chi connectivity index (χ1) is 11.4. The summed E-state index contributed by atoms with van der Waals surface area (Å²) in [4.78, 5) is 11.8. The van der Waals surface area contributed by atoms with Crippen molar-refractivity contribution < 1.29 is 9.53 Å². The Morgan fingerprint density at radius 3 is 2.62 bits per heavy atom. The highest BCUT2D eigenvalue weighted by molar-refractivity contribution is 5.81. The van der Waals surface area contributed by atoms with Crippen LogP contribution in [0, 0.1) is 0 Å². The molecule has 1 aliphatic rings. The Hall–Kier alpha value is -2.24. The summed E-state index contributed by atoms with van der Waals surface area (Å²) in [6.07, 6.45) is 5.51. The van der Waals surface area contributed by atoms with Crippen LogP contribution >= 0.6 is 0 Å². The van der Waals surface area contributed by atoms with Crippen LogP contribution in [-0.4, -0.2) is 34.0 Å². The summed E-state index contributed by atoms with van der Waals surface area (Å²) in [5.74, 6) is 0.